The van der Waals surface area contributed by atoms with Gasteiger partial charge in [-0.1, -0.05) is 158 Å². The summed E-state index contributed by atoms with van der Waals surface area (Å²) in [5.41, 5.74) is 19.9. The lowest BCUT2D eigenvalue weighted by Crippen LogP contribution is -2.14. The van der Waals surface area contributed by atoms with Gasteiger partial charge in [-0.25, -0.2) is 0 Å². The van der Waals surface area contributed by atoms with Crippen LogP contribution in [0.4, 0.5) is 17.1 Å². The van der Waals surface area contributed by atoms with Crippen LogP contribution in [0.5, 0.6) is 0 Å². The number of hydrogen-bond acceptors (Lipinski definition) is 1. The number of hydrogen-bond donors (Lipinski definition) is 0. The van der Waals surface area contributed by atoms with Crippen molar-refractivity contribution in [1.29, 1.82) is 0 Å². The Kier molecular flexibility index (Phi) is 8.08. The van der Waals surface area contributed by atoms with E-state index in [-0.39, 0.29) is 0 Å². The predicted molar refractivity (Wildman–Crippen MR) is 259 cm³/mol. The SMILES string of the molecule is Cc1c(-c2ccc3ccccc3c2C)cccc1N(c1cccc(-c2cccc(-n3c4ccccc4c4ccccc43)c2)c1)c1cccc2c1Cc1ccc3ccccc3c1-2. The molecule has 11 aromatic rings. The molecule has 2 nitrogen and oxygen atoms in total. The number of aromatic nitrogens is 1. The number of anilines is 3. The van der Waals surface area contributed by atoms with E-state index in [0.29, 0.717) is 0 Å². The Morgan fingerprint density at radius 1 is 0.410 bits per heavy atom. The van der Waals surface area contributed by atoms with Gasteiger partial charge in [0.15, 0.2) is 0 Å². The van der Waals surface area contributed by atoms with Gasteiger partial charge in [0, 0.05) is 34.3 Å². The van der Waals surface area contributed by atoms with Gasteiger partial charge in [0.1, 0.15) is 0 Å². The summed E-state index contributed by atoms with van der Waals surface area (Å²) in [7, 11) is 0. The molecule has 288 valence electrons. The second kappa shape index (κ2) is 14.0. The van der Waals surface area contributed by atoms with E-state index in [2.05, 4.69) is 230 Å². The second-order valence-corrected chi connectivity index (χ2v) is 16.5. The molecule has 12 rings (SSSR count). The van der Waals surface area contributed by atoms with Crippen LogP contribution in [0, 0.1) is 13.8 Å². The molecule has 0 radical (unpaired) electrons. The molecule has 0 aliphatic heterocycles. The van der Waals surface area contributed by atoms with Crippen LogP contribution in [0.3, 0.4) is 0 Å². The van der Waals surface area contributed by atoms with Gasteiger partial charge in [0.05, 0.1) is 16.7 Å². The number of fused-ring (bicyclic) bond motifs is 9. The molecule has 0 unspecified atom stereocenters. The number of nitrogens with zero attached hydrogens (tertiary/aromatic N) is 2. The minimum atomic E-state index is 0.880. The Labute approximate surface area is 356 Å². The molecule has 1 aliphatic carbocycles. The monoisotopic (exact) mass is 778 g/mol. The first-order valence-corrected chi connectivity index (χ1v) is 21.3. The third-order valence-electron chi connectivity index (χ3n) is 13.2. The summed E-state index contributed by atoms with van der Waals surface area (Å²) in [4.78, 5) is 2.53. The molecule has 0 N–H and O–H groups in total. The minimum Gasteiger partial charge on any atom is -0.310 e. The smallest absolute Gasteiger partial charge is 0.0541 e. The summed E-state index contributed by atoms with van der Waals surface area (Å²) < 4.78 is 2.41. The standard InChI is InChI=1S/C59H42N2/c1-38-47-21-5-3-15-40(47)33-34-49(38)48-25-13-29-55(39(48)2)60(58-30-14-26-53-54(58)37-44-32-31-41-16-4-6-22-50(41)59(44)53)45-19-11-17-42(35-45)43-18-12-20-46(36-43)61-56-27-9-7-23-51(56)52-24-8-10-28-57(52)61/h3-36H,37H2,1-2H3. The molecule has 0 saturated carbocycles. The molecule has 10 aromatic carbocycles. The fourth-order valence-corrected chi connectivity index (χ4v) is 10.3. The third kappa shape index (κ3) is 5.56. The summed E-state index contributed by atoms with van der Waals surface area (Å²) in [6, 6.07) is 76.1. The van der Waals surface area contributed by atoms with Gasteiger partial charge >= 0.3 is 0 Å². The summed E-state index contributed by atoms with van der Waals surface area (Å²) in [6.45, 7) is 4.57. The highest BCUT2D eigenvalue weighted by Crippen LogP contribution is 2.50. The van der Waals surface area contributed by atoms with Crippen LogP contribution < -0.4 is 4.90 Å². The van der Waals surface area contributed by atoms with Crippen LogP contribution in [0.2, 0.25) is 0 Å². The first kappa shape index (κ1) is 35.3. The van der Waals surface area contributed by atoms with Crippen molar-refractivity contribution in [2.45, 2.75) is 20.3 Å². The highest BCUT2D eigenvalue weighted by atomic mass is 15.1. The van der Waals surface area contributed by atoms with Crippen LogP contribution >= 0.6 is 0 Å². The zero-order chi connectivity index (χ0) is 40.6. The molecular weight excluding hydrogens is 737 g/mol. The van der Waals surface area contributed by atoms with Crippen molar-refractivity contribution in [3.8, 4) is 39.1 Å². The zero-order valence-corrected chi connectivity index (χ0v) is 34.2. The van der Waals surface area contributed by atoms with E-state index in [4.69, 9.17) is 0 Å². The lowest BCUT2D eigenvalue weighted by molar-refractivity contribution is 1.18. The molecule has 1 aliphatic rings. The molecular formula is C59H42N2. The number of aryl methyl sites for hydroxylation is 1. The van der Waals surface area contributed by atoms with Crippen LogP contribution in [-0.2, 0) is 6.42 Å². The quantitative estimate of drug-likeness (QED) is 0.163. The number of rotatable bonds is 6. The minimum absolute atomic E-state index is 0.880. The summed E-state index contributed by atoms with van der Waals surface area (Å²) in [5.74, 6) is 0. The maximum Gasteiger partial charge on any atom is 0.0541 e. The lowest BCUT2D eigenvalue weighted by Gasteiger charge is -2.30. The van der Waals surface area contributed by atoms with Crippen molar-refractivity contribution in [3.05, 3.63) is 229 Å². The van der Waals surface area contributed by atoms with Crippen LogP contribution in [0.25, 0.3) is 82.4 Å². The van der Waals surface area contributed by atoms with E-state index in [0.717, 1.165) is 17.8 Å². The average Bonchev–Trinajstić information content (AvgIpc) is 3.87. The number of benzene rings is 10. The van der Waals surface area contributed by atoms with Gasteiger partial charge in [-0.2, -0.15) is 0 Å². The van der Waals surface area contributed by atoms with Crippen molar-refractivity contribution in [1.82, 2.24) is 4.57 Å². The highest BCUT2D eigenvalue weighted by Gasteiger charge is 2.28. The lowest BCUT2D eigenvalue weighted by atomic mass is 9.91. The fraction of sp³-hybridized carbons (Fsp3) is 0.0508. The Morgan fingerprint density at radius 2 is 0.984 bits per heavy atom. The summed E-state index contributed by atoms with van der Waals surface area (Å²) in [5, 5.41) is 7.69. The maximum absolute atomic E-state index is 2.53. The Hall–Kier alpha value is -7.68. The molecule has 1 aromatic heterocycles. The number of para-hydroxylation sites is 2. The van der Waals surface area contributed by atoms with Gasteiger partial charge in [-0.3, -0.25) is 0 Å². The van der Waals surface area contributed by atoms with Gasteiger partial charge in [-0.15, -0.1) is 0 Å². The van der Waals surface area contributed by atoms with Gasteiger partial charge < -0.3 is 9.47 Å². The zero-order valence-electron chi connectivity index (χ0n) is 34.2. The predicted octanol–water partition coefficient (Wildman–Crippen LogP) is 16.1. The van der Waals surface area contributed by atoms with E-state index >= 15 is 0 Å². The van der Waals surface area contributed by atoms with Crippen molar-refractivity contribution in [3.63, 3.8) is 0 Å². The van der Waals surface area contributed by atoms with Crippen molar-refractivity contribution in [2.24, 2.45) is 0 Å². The van der Waals surface area contributed by atoms with E-state index in [1.807, 2.05) is 0 Å². The third-order valence-corrected chi connectivity index (χ3v) is 13.2. The molecule has 0 fully saturated rings. The van der Waals surface area contributed by atoms with Crippen LogP contribution in [0.1, 0.15) is 22.3 Å². The Bertz CT molecular complexity index is 3500. The van der Waals surface area contributed by atoms with Crippen molar-refractivity contribution in [2.75, 3.05) is 4.90 Å². The molecule has 0 amide bonds. The van der Waals surface area contributed by atoms with Crippen molar-refractivity contribution >= 4 is 60.4 Å². The Balaban J connectivity index is 1.05. The molecule has 0 bridgehead atoms. The van der Waals surface area contributed by atoms with E-state index < -0.39 is 0 Å². The Morgan fingerprint density at radius 3 is 1.75 bits per heavy atom. The second-order valence-electron chi connectivity index (χ2n) is 16.5. The summed E-state index contributed by atoms with van der Waals surface area (Å²) in [6.07, 6.45) is 0.880. The first-order chi connectivity index (χ1) is 30.1. The molecule has 2 heteroatoms. The maximum atomic E-state index is 2.53. The average molecular weight is 779 g/mol. The molecule has 0 atom stereocenters. The van der Waals surface area contributed by atoms with Crippen molar-refractivity contribution < 1.29 is 0 Å². The first-order valence-electron chi connectivity index (χ1n) is 21.3. The molecule has 1 heterocycles. The molecule has 0 spiro atoms. The topological polar surface area (TPSA) is 8.17 Å². The van der Waals surface area contributed by atoms with E-state index in [1.54, 1.807) is 0 Å². The van der Waals surface area contributed by atoms with Gasteiger partial charge in [0.2, 0.25) is 0 Å². The van der Waals surface area contributed by atoms with Gasteiger partial charge in [0.25, 0.3) is 0 Å². The fourth-order valence-electron chi connectivity index (χ4n) is 10.3. The van der Waals surface area contributed by atoms with E-state index in [9.17, 15) is 0 Å². The van der Waals surface area contributed by atoms with E-state index in [1.165, 1.54) is 110 Å². The largest absolute Gasteiger partial charge is 0.310 e. The van der Waals surface area contributed by atoms with Gasteiger partial charge in [-0.05, 0) is 140 Å². The summed E-state index contributed by atoms with van der Waals surface area (Å²) >= 11 is 0. The highest BCUT2D eigenvalue weighted by molar-refractivity contribution is 6.09. The normalized spacial score (nSPS) is 12.0. The van der Waals surface area contributed by atoms with Crippen LogP contribution in [-0.4, -0.2) is 4.57 Å². The molecule has 61 heavy (non-hydrogen) atoms. The van der Waals surface area contributed by atoms with Crippen LogP contribution in [0.15, 0.2) is 206 Å². The molecule has 0 saturated heterocycles.